The number of allylic oxidation sites excluding steroid dienone is 4. The highest BCUT2D eigenvalue weighted by atomic mass is 19.2. The van der Waals surface area contributed by atoms with Crippen molar-refractivity contribution < 1.29 is 22.3 Å². The van der Waals surface area contributed by atoms with Crippen LogP contribution in [0, 0.1) is 46.3 Å². The van der Waals surface area contributed by atoms with E-state index < -0.39 is 33.8 Å². The van der Waals surface area contributed by atoms with E-state index in [2.05, 4.69) is 13.8 Å². The van der Waals surface area contributed by atoms with Crippen molar-refractivity contribution in [1.82, 2.24) is 0 Å². The summed E-state index contributed by atoms with van der Waals surface area (Å²) in [7, 11) is 0. The van der Waals surface area contributed by atoms with Crippen LogP contribution in [0.3, 0.4) is 0 Å². The van der Waals surface area contributed by atoms with Crippen LogP contribution in [0.4, 0.5) is 17.6 Å². The molecule has 0 aromatic heterocycles. The van der Waals surface area contributed by atoms with E-state index in [9.17, 15) is 0 Å². The number of ether oxygens (including phenoxy) is 1. The molecule has 0 heterocycles. The molecule has 4 fully saturated rings. The SMILES string of the molecule is CCCCCCCCCCC1CCC(C2([C@@]3(F)C=C[C@@H](COC[C@@H]4C=C[C@](F)(C5(C6CCC(CCCCCCCCCC)CC6)CCCCC5)C(F)=C4)C=C3F)CCCCC2)CC1. The van der Waals surface area contributed by atoms with Gasteiger partial charge >= 0.3 is 0 Å². The molecule has 0 unspecified atom stereocenters. The molecule has 0 bridgehead atoms. The van der Waals surface area contributed by atoms with Crippen LogP contribution in [-0.2, 0) is 4.74 Å². The summed E-state index contributed by atoms with van der Waals surface area (Å²) < 4.78 is 73.8. The number of unbranched alkanes of at least 4 members (excludes halogenated alkanes) is 14. The monoisotopic (exact) mass is 883 g/mol. The molecule has 0 aliphatic heterocycles. The third-order valence-electron chi connectivity index (χ3n) is 18.3. The van der Waals surface area contributed by atoms with E-state index in [0.717, 1.165) is 127 Å². The summed E-state index contributed by atoms with van der Waals surface area (Å²) in [4.78, 5) is 0. The van der Waals surface area contributed by atoms with Crippen molar-refractivity contribution >= 4 is 0 Å². The van der Waals surface area contributed by atoms with Gasteiger partial charge in [0, 0.05) is 22.7 Å². The maximum absolute atomic E-state index is 17.5. The van der Waals surface area contributed by atoms with Crippen molar-refractivity contribution in [3.05, 3.63) is 48.1 Å². The zero-order valence-electron chi connectivity index (χ0n) is 40.7. The first-order chi connectivity index (χ1) is 30.7. The van der Waals surface area contributed by atoms with E-state index in [0.29, 0.717) is 0 Å². The number of rotatable bonds is 26. The van der Waals surface area contributed by atoms with E-state index in [1.165, 1.54) is 128 Å². The molecule has 0 saturated heterocycles. The van der Waals surface area contributed by atoms with Gasteiger partial charge in [-0.3, -0.25) is 0 Å². The lowest BCUT2D eigenvalue weighted by Gasteiger charge is -2.53. The predicted octanol–water partition coefficient (Wildman–Crippen LogP) is 19.1. The Morgan fingerprint density at radius 3 is 1.13 bits per heavy atom. The zero-order chi connectivity index (χ0) is 44.4. The van der Waals surface area contributed by atoms with E-state index in [-0.39, 0.29) is 36.9 Å². The van der Waals surface area contributed by atoms with E-state index >= 15 is 17.6 Å². The summed E-state index contributed by atoms with van der Waals surface area (Å²) in [5.41, 5.74) is -5.48. The van der Waals surface area contributed by atoms with Crippen LogP contribution in [-0.4, -0.2) is 24.6 Å². The Kier molecular flexibility index (Phi) is 20.8. The second-order valence-corrected chi connectivity index (χ2v) is 22.4. The van der Waals surface area contributed by atoms with Gasteiger partial charge in [0.05, 0.1) is 13.2 Å². The Balaban J connectivity index is 0.963. The molecule has 1 nitrogen and oxygen atoms in total. The van der Waals surface area contributed by atoms with Crippen LogP contribution >= 0.6 is 0 Å². The van der Waals surface area contributed by atoms with Crippen LogP contribution in [0.5, 0.6) is 0 Å². The number of halogens is 4. The fourth-order valence-electron chi connectivity index (χ4n) is 14.4. The maximum atomic E-state index is 17.5. The van der Waals surface area contributed by atoms with Crippen LogP contribution in [0.15, 0.2) is 48.1 Å². The molecule has 63 heavy (non-hydrogen) atoms. The summed E-state index contributed by atoms with van der Waals surface area (Å²) in [5, 5.41) is 0. The van der Waals surface area contributed by atoms with Gasteiger partial charge in [0.25, 0.3) is 0 Å². The van der Waals surface area contributed by atoms with Gasteiger partial charge in [-0.05, 0) is 99.3 Å². The van der Waals surface area contributed by atoms with Crippen molar-refractivity contribution in [3.8, 4) is 0 Å². The molecule has 4 atom stereocenters. The third-order valence-corrected chi connectivity index (χ3v) is 18.3. The topological polar surface area (TPSA) is 9.23 Å². The van der Waals surface area contributed by atoms with Gasteiger partial charge in [-0.25, -0.2) is 17.6 Å². The Bertz CT molecular complexity index is 1310. The Hall–Kier alpha value is -1.36. The number of alkyl halides is 2. The molecule has 360 valence electrons. The minimum absolute atomic E-state index is 0.198. The molecule has 0 radical (unpaired) electrons. The lowest BCUT2D eigenvalue weighted by atomic mass is 9.53. The summed E-state index contributed by atoms with van der Waals surface area (Å²) in [6, 6.07) is 0. The first kappa shape index (κ1) is 51.0. The lowest BCUT2D eigenvalue weighted by molar-refractivity contribution is -0.0591. The zero-order valence-corrected chi connectivity index (χ0v) is 40.7. The highest BCUT2D eigenvalue weighted by Crippen LogP contribution is 2.62. The van der Waals surface area contributed by atoms with Crippen LogP contribution < -0.4 is 0 Å². The second kappa shape index (κ2) is 25.7. The molecule has 6 rings (SSSR count). The standard InChI is InChI=1S/C58H94F4O/c1-3-5-7-9-11-13-15-19-25-47-27-31-51(32-28-47)55(37-21-17-22-38-55)57(61)41-35-49(43-53(57)59)45-63-46-50-36-42-58(62,54(60)44-50)56(39-23-18-24-40-56)52-33-29-48(30-34-52)26-20-16-14-12-10-8-6-4-2/h35-36,41-44,47-52H,3-34,37-40,45-46H2,1-2H3/t47?,48?,49-,50-,51?,52?,57-,58-/m1/s1. The maximum Gasteiger partial charge on any atom is 0.185 e. The summed E-state index contributed by atoms with van der Waals surface area (Å²) in [6.45, 7) is 4.94. The minimum Gasteiger partial charge on any atom is -0.380 e. The summed E-state index contributed by atoms with van der Waals surface area (Å²) in [6.07, 6.45) is 51.7. The molecule has 0 spiro atoms. The third kappa shape index (κ3) is 13.0. The second-order valence-electron chi connectivity index (χ2n) is 22.4. The Morgan fingerprint density at radius 1 is 0.460 bits per heavy atom. The molecule has 0 amide bonds. The highest BCUT2D eigenvalue weighted by molar-refractivity contribution is 5.35. The predicted molar refractivity (Wildman–Crippen MR) is 259 cm³/mol. The van der Waals surface area contributed by atoms with Crippen LogP contribution in [0.1, 0.15) is 245 Å². The number of hydrogen-bond donors (Lipinski definition) is 0. The summed E-state index contributed by atoms with van der Waals surface area (Å²) in [5.74, 6) is -0.133. The van der Waals surface area contributed by atoms with Crippen molar-refractivity contribution in [2.24, 2.45) is 46.3 Å². The van der Waals surface area contributed by atoms with Gasteiger partial charge in [0.1, 0.15) is 11.7 Å². The van der Waals surface area contributed by atoms with Crippen molar-refractivity contribution in [2.75, 3.05) is 13.2 Å². The molecule has 6 aliphatic carbocycles. The van der Waals surface area contributed by atoms with Gasteiger partial charge < -0.3 is 4.74 Å². The van der Waals surface area contributed by atoms with E-state index in [4.69, 9.17) is 4.74 Å². The van der Waals surface area contributed by atoms with Gasteiger partial charge in [-0.2, -0.15) is 0 Å². The van der Waals surface area contributed by atoms with Gasteiger partial charge in [0.15, 0.2) is 11.3 Å². The molecule has 5 heteroatoms. The van der Waals surface area contributed by atoms with Gasteiger partial charge in [0.2, 0.25) is 0 Å². The van der Waals surface area contributed by atoms with E-state index in [1.54, 1.807) is 12.2 Å². The molecular weight excluding hydrogens is 789 g/mol. The van der Waals surface area contributed by atoms with Crippen molar-refractivity contribution in [2.45, 2.75) is 256 Å². The molecule has 0 N–H and O–H groups in total. The molecule has 4 saturated carbocycles. The smallest absolute Gasteiger partial charge is 0.185 e. The fourth-order valence-corrected chi connectivity index (χ4v) is 14.4. The molecular formula is C58H94F4O. The van der Waals surface area contributed by atoms with Crippen LogP contribution in [0.2, 0.25) is 0 Å². The normalized spacial score (nSPS) is 33.2. The molecule has 6 aliphatic rings. The largest absolute Gasteiger partial charge is 0.380 e. The Morgan fingerprint density at radius 2 is 0.794 bits per heavy atom. The Labute approximate surface area is 385 Å². The molecule has 0 aromatic carbocycles. The highest BCUT2D eigenvalue weighted by Gasteiger charge is 2.60. The lowest BCUT2D eigenvalue weighted by Crippen LogP contribution is -2.52. The average Bonchev–Trinajstić information content (AvgIpc) is 3.31. The number of hydrogen-bond acceptors (Lipinski definition) is 1. The average molecular weight is 883 g/mol. The minimum atomic E-state index is -2.07. The first-order valence-electron chi connectivity index (χ1n) is 27.8. The quantitative estimate of drug-likeness (QED) is 0.0478. The van der Waals surface area contributed by atoms with Crippen LogP contribution in [0.25, 0.3) is 0 Å². The van der Waals surface area contributed by atoms with E-state index in [1.807, 2.05) is 12.2 Å². The first-order valence-corrected chi connectivity index (χ1v) is 27.8. The van der Waals surface area contributed by atoms with Gasteiger partial charge in [-0.1, -0.05) is 206 Å². The fraction of sp³-hybridized carbons (Fsp3) is 0.862. The molecule has 0 aromatic rings. The van der Waals surface area contributed by atoms with Crippen molar-refractivity contribution in [3.63, 3.8) is 0 Å². The van der Waals surface area contributed by atoms with Crippen molar-refractivity contribution in [1.29, 1.82) is 0 Å². The van der Waals surface area contributed by atoms with Gasteiger partial charge in [-0.15, -0.1) is 0 Å². The summed E-state index contributed by atoms with van der Waals surface area (Å²) >= 11 is 0.